The maximum Gasteiger partial charge on any atom is 0.233 e. The Hall–Kier alpha value is -0.720. The van der Waals surface area contributed by atoms with Crippen LogP contribution in [0.15, 0.2) is 0 Å². The zero-order valence-corrected chi connectivity index (χ0v) is 13.3. The Labute approximate surface area is 131 Å². The lowest BCUT2D eigenvalue weighted by Crippen LogP contribution is -2.53. The van der Waals surface area contributed by atoms with Crippen molar-refractivity contribution in [2.75, 3.05) is 26.2 Å². The number of ether oxygens (including phenoxy) is 1. The largest absolute Gasteiger partial charge is 0.392 e. The summed E-state index contributed by atoms with van der Waals surface area (Å²) in [6.07, 6.45) is 6.22. The second kappa shape index (κ2) is 6.18. The van der Waals surface area contributed by atoms with Crippen molar-refractivity contribution in [2.24, 2.45) is 11.1 Å². The number of carbonyl (C=O) groups is 1. The van der Waals surface area contributed by atoms with Crippen molar-refractivity contribution in [3.8, 4) is 0 Å². The second-order valence-corrected chi connectivity index (χ2v) is 7.05. The molecule has 3 fully saturated rings. The number of rotatable bonds is 4. The van der Waals surface area contributed by atoms with Gasteiger partial charge in [0.25, 0.3) is 0 Å². The molecule has 1 amide bonds. The van der Waals surface area contributed by atoms with Crippen LogP contribution in [0, 0.1) is 5.41 Å². The minimum atomic E-state index is -0.611. The minimum Gasteiger partial charge on any atom is -0.392 e. The number of hydrogen-bond acceptors (Lipinski definition) is 4. The van der Waals surface area contributed by atoms with Gasteiger partial charge in [-0.05, 0) is 32.2 Å². The van der Waals surface area contributed by atoms with Crippen molar-refractivity contribution in [3.05, 3.63) is 0 Å². The average molecular weight is 311 g/mol. The molecule has 0 bridgehead atoms. The van der Waals surface area contributed by atoms with Gasteiger partial charge in [0.15, 0.2) is 0 Å². The molecule has 6 heteroatoms. The van der Waals surface area contributed by atoms with Crippen LogP contribution in [0.25, 0.3) is 0 Å². The first-order valence-electron chi connectivity index (χ1n) is 8.06. The van der Waals surface area contributed by atoms with E-state index in [9.17, 15) is 4.79 Å². The van der Waals surface area contributed by atoms with Crippen molar-refractivity contribution in [3.63, 3.8) is 0 Å². The molecular weight excluding hydrogens is 286 g/mol. The van der Waals surface area contributed by atoms with Crippen LogP contribution < -0.4 is 11.1 Å². The fourth-order valence-corrected chi connectivity index (χ4v) is 4.25. The number of amides is 1. The molecule has 3 aliphatic rings. The molecule has 118 valence electrons. The van der Waals surface area contributed by atoms with E-state index < -0.39 is 5.41 Å². The first-order chi connectivity index (χ1) is 10.1. The van der Waals surface area contributed by atoms with Gasteiger partial charge in [0.05, 0.1) is 23.1 Å². The van der Waals surface area contributed by atoms with Gasteiger partial charge >= 0.3 is 0 Å². The Bertz CT molecular complexity index is 423. The third kappa shape index (κ3) is 2.94. The summed E-state index contributed by atoms with van der Waals surface area (Å²) < 4.78 is 5.88. The summed E-state index contributed by atoms with van der Waals surface area (Å²) in [6, 6.07) is 0.592. The van der Waals surface area contributed by atoms with Gasteiger partial charge in [-0.3, -0.25) is 9.69 Å². The van der Waals surface area contributed by atoms with Gasteiger partial charge in [0.2, 0.25) is 5.91 Å². The van der Waals surface area contributed by atoms with Gasteiger partial charge in [0.1, 0.15) is 0 Å². The Kier molecular flexibility index (Phi) is 4.47. The standard InChI is InChI=1S/C15H25N3O2S/c16-13(21)15(5-1-2-6-15)14(19)17-8-12-9-18-7-3-4-11(18)10-20-12/h11-12H,1-10H2,(H2,16,21)(H,17,19). The zero-order chi connectivity index (χ0) is 14.9. The SMILES string of the molecule is NC(=S)C1(C(=O)NCC2CN3CCCC3CO2)CCCC1. The van der Waals surface area contributed by atoms with Gasteiger partial charge in [-0.2, -0.15) is 0 Å². The number of thiocarbonyl (C=S) groups is 1. The molecule has 0 aromatic heterocycles. The van der Waals surface area contributed by atoms with E-state index in [1.54, 1.807) is 0 Å². The van der Waals surface area contributed by atoms with Gasteiger partial charge in [0, 0.05) is 19.1 Å². The summed E-state index contributed by atoms with van der Waals surface area (Å²) in [5.74, 6) is -0.000328. The van der Waals surface area contributed by atoms with Crippen molar-refractivity contribution < 1.29 is 9.53 Å². The molecule has 2 unspecified atom stereocenters. The topological polar surface area (TPSA) is 67.6 Å². The molecule has 2 saturated heterocycles. The summed E-state index contributed by atoms with van der Waals surface area (Å²) in [5.41, 5.74) is 5.23. The Morgan fingerprint density at radius 3 is 2.86 bits per heavy atom. The van der Waals surface area contributed by atoms with Crippen LogP contribution in [-0.4, -0.2) is 54.2 Å². The Morgan fingerprint density at radius 1 is 1.38 bits per heavy atom. The lowest BCUT2D eigenvalue weighted by atomic mass is 9.85. The van der Waals surface area contributed by atoms with Crippen LogP contribution in [0.2, 0.25) is 0 Å². The fourth-order valence-electron chi connectivity index (χ4n) is 3.95. The predicted octanol–water partition coefficient (Wildman–Crippen LogP) is 0.812. The molecule has 3 N–H and O–H groups in total. The highest BCUT2D eigenvalue weighted by atomic mass is 32.1. The van der Waals surface area contributed by atoms with E-state index in [-0.39, 0.29) is 12.0 Å². The molecule has 0 aromatic carbocycles. The smallest absolute Gasteiger partial charge is 0.233 e. The van der Waals surface area contributed by atoms with E-state index in [2.05, 4.69) is 10.2 Å². The first-order valence-corrected chi connectivity index (χ1v) is 8.46. The summed E-state index contributed by atoms with van der Waals surface area (Å²) in [4.78, 5) is 15.4. The lowest BCUT2D eigenvalue weighted by molar-refractivity contribution is -0.128. The van der Waals surface area contributed by atoms with E-state index >= 15 is 0 Å². The van der Waals surface area contributed by atoms with E-state index in [0.717, 1.165) is 45.4 Å². The van der Waals surface area contributed by atoms with Crippen molar-refractivity contribution in [2.45, 2.75) is 50.7 Å². The highest BCUT2D eigenvalue weighted by Crippen LogP contribution is 2.38. The molecule has 2 atom stereocenters. The molecule has 0 spiro atoms. The molecule has 0 aromatic rings. The number of nitrogens with zero attached hydrogens (tertiary/aromatic N) is 1. The van der Waals surface area contributed by atoms with Crippen molar-refractivity contribution in [1.29, 1.82) is 0 Å². The molecule has 1 saturated carbocycles. The van der Waals surface area contributed by atoms with Crippen LogP contribution in [-0.2, 0) is 9.53 Å². The molecule has 21 heavy (non-hydrogen) atoms. The van der Waals surface area contributed by atoms with Crippen LogP contribution in [0.4, 0.5) is 0 Å². The highest BCUT2D eigenvalue weighted by molar-refractivity contribution is 7.80. The van der Waals surface area contributed by atoms with E-state index in [1.807, 2.05) is 0 Å². The summed E-state index contributed by atoms with van der Waals surface area (Å²) in [6.45, 7) is 3.44. The third-order valence-electron chi connectivity index (χ3n) is 5.32. The maximum atomic E-state index is 12.5. The number of carbonyl (C=O) groups excluding carboxylic acids is 1. The molecule has 3 rings (SSSR count). The van der Waals surface area contributed by atoms with Crippen LogP contribution in [0.1, 0.15) is 38.5 Å². The van der Waals surface area contributed by atoms with Crippen molar-refractivity contribution >= 4 is 23.1 Å². The monoisotopic (exact) mass is 311 g/mol. The normalized spacial score (nSPS) is 31.8. The average Bonchev–Trinajstić information content (AvgIpc) is 3.13. The van der Waals surface area contributed by atoms with Crippen molar-refractivity contribution in [1.82, 2.24) is 10.2 Å². The summed E-state index contributed by atoms with van der Waals surface area (Å²) in [7, 11) is 0. The molecule has 1 aliphatic carbocycles. The fraction of sp³-hybridized carbons (Fsp3) is 0.867. The molecule has 0 radical (unpaired) electrons. The summed E-state index contributed by atoms with van der Waals surface area (Å²) in [5, 5.41) is 3.04. The Morgan fingerprint density at radius 2 is 2.14 bits per heavy atom. The zero-order valence-electron chi connectivity index (χ0n) is 12.5. The van der Waals surface area contributed by atoms with Crippen LogP contribution >= 0.6 is 12.2 Å². The van der Waals surface area contributed by atoms with E-state index in [4.69, 9.17) is 22.7 Å². The third-order valence-corrected chi connectivity index (χ3v) is 5.71. The lowest BCUT2D eigenvalue weighted by Gasteiger charge is -2.36. The number of hydrogen-bond donors (Lipinski definition) is 2. The van der Waals surface area contributed by atoms with E-state index in [1.165, 1.54) is 12.8 Å². The highest BCUT2D eigenvalue weighted by Gasteiger charge is 2.44. The maximum absolute atomic E-state index is 12.5. The molecule has 2 aliphatic heterocycles. The number of nitrogens with two attached hydrogens (primary N) is 1. The first kappa shape index (κ1) is 15.2. The predicted molar refractivity (Wildman–Crippen MR) is 85.0 cm³/mol. The van der Waals surface area contributed by atoms with E-state index in [0.29, 0.717) is 17.6 Å². The second-order valence-electron chi connectivity index (χ2n) is 6.61. The van der Waals surface area contributed by atoms with Crippen LogP contribution in [0.3, 0.4) is 0 Å². The Balaban J connectivity index is 1.52. The number of fused-ring (bicyclic) bond motifs is 1. The minimum absolute atomic E-state index is 0.000328. The molecule has 2 heterocycles. The van der Waals surface area contributed by atoms with Gasteiger partial charge in [-0.1, -0.05) is 25.1 Å². The van der Waals surface area contributed by atoms with Gasteiger partial charge in [-0.25, -0.2) is 0 Å². The van der Waals surface area contributed by atoms with Gasteiger partial charge < -0.3 is 15.8 Å². The number of nitrogens with one attached hydrogen (secondary N) is 1. The van der Waals surface area contributed by atoms with Crippen LogP contribution in [0.5, 0.6) is 0 Å². The van der Waals surface area contributed by atoms with Gasteiger partial charge in [-0.15, -0.1) is 0 Å². The molecule has 5 nitrogen and oxygen atoms in total. The summed E-state index contributed by atoms with van der Waals surface area (Å²) >= 11 is 5.15. The quantitative estimate of drug-likeness (QED) is 0.752. The number of morpholine rings is 1. The molecular formula is C15H25N3O2S.